The zero-order valence-electron chi connectivity index (χ0n) is 5.27. The van der Waals surface area contributed by atoms with Gasteiger partial charge in [0.15, 0.2) is 0 Å². The van der Waals surface area contributed by atoms with Crippen LogP contribution in [-0.2, 0) is 4.74 Å². The lowest BCUT2D eigenvalue weighted by Crippen LogP contribution is -2.10. The third-order valence-corrected chi connectivity index (χ3v) is 1.86. The van der Waals surface area contributed by atoms with Crippen LogP contribution in [0.1, 0.15) is 13.8 Å². The summed E-state index contributed by atoms with van der Waals surface area (Å²) in [5, 5.41) is 3.23. The quantitative estimate of drug-likeness (QED) is 0.491. The highest BCUT2D eigenvalue weighted by atomic mass is 16.6. The maximum atomic E-state index is 5.37. The molecule has 2 saturated heterocycles. The van der Waals surface area contributed by atoms with Gasteiger partial charge in [0.25, 0.3) is 0 Å². The predicted octanol–water partition coefficient (Wildman–Crippen LogP) is 0.136. The summed E-state index contributed by atoms with van der Waals surface area (Å²) < 4.78 is 5.37. The fraction of sp³-hybridized carbons (Fsp3) is 1.00. The van der Waals surface area contributed by atoms with Crippen molar-refractivity contribution < 1.29 is 4.74 Å². The van der Waals surface area contributed by atoms with E-state index < -0.39 is 0 Å². The van der Waals surface area contributed by atoms with E-state index in [9.17, 15) is 0 Å². The van der Waals surface area contributed by atoms with Gasteiger partial charge in [-0.25, -0.2) is 0 Å². The first-order chi connectivity index (χ1) is 3.70. The maximum absolute atomic E-state index is 5.37. The lowest BCUT2D eigenvalue weighted by Gasteiger charge is -1.88. The molecule has 0 amide bonds. The van der Waals surface area contributed by atoms with Crippen molar-refractivity contribution in [2.45, 2.75) is 31.6 Å². The fourth-order valence-electron chi connectivity index (χ4n) is 1.14. The lowest BCUT2D eigenvalue weighted by atomic mass is 10.1. The van der Waals surface area contributed by atoms with Gasteiger partial charge in [0.2, 0.25) is 0 Å². The molecule has 0 aromatic heterocycles. The Bertz CT molecular complexity index is 118. The Labute approximate surface area is 49.2 Å². The van der Waals surface area contributed by atoms with Crippen LogP contribution in [0.3, 0.4) is 0 Å². The molecule has 2 rings (SSSR count). The smallest absolute Gasteiger partial charge is 0.103 e. The van der Waals surface area contributed by atoms with Crippen molar-refractivity contribution in [2.24, 2.45) is 0 Å². The Balaban J connectivity index is 1.95. The SMILES string of the molecule is CC1(C)OC1C1CN1. The van der Waals surface area contributed by atoms with E-state index in [0.717, 1.165) is 6.54 Å². The van der Waals surface area contributed by atoms with Crippen LogP contribution < -0.4 is 5.32 Å². The molecule has 0 radical (unpaired) electrons. The fourth-order valence-corrected chi connectivity index (χ4v) is 1.14. The van der Waals surface area contributed by atoms with Crippen molar-refractivity contribution in [3.63, 3.8) is 0 Å². The molecular weight excluding hydrogens is 102 g/mol. The summed E-state index contributed by atoms with van der Waals surface area (Å²) in [6, 6.07) is 0.685. The van der Waals surface area contributed by atoms with Crippen molar-refractivity contribution >= 4 is 0 Å². The van der Waals surface area contributed by atoms with Crippen LogP contribution in [0.25, 0.3) is 0 Å². The van der Waals surface area contributed by atoms with Crippen LogP contribution in [0, 0.1) is 0 Å². The minimum atomic E-state index is 0.189. The number of epoxide rings is 1. The van der Waals surface area contributed by atoms with Crippen molar-refractivity contribution in [3.05, 3.63) is 0 Å². The van der Waals surface area contributed by atoms with E-state index in [1.54, 1.807) is 0 Å². The largest absolute Gasteiger partial charge is 0.365 e. The molecule has 46 valence electrons. The minimum absolute atomic E-state index is 0.189. The average molecular weight is 113 g/mol. The van der Waals surface area contributed by atoms with Gasteiger partial charge < -0.3 is 10.1 Å². The zero-order chi connectivity index (χ0) is 5.78. The molecule has 2 atom stereocenters. The van der Waals surface area contributed by atoms with Gasteiger partial charge >= 0.3 is 0 Å². The van der Waals surface area contributed by atoms with Gasteiger partial charge in [0, 0.05) is 12.6 Å². The maximum Gasteiger partial charge on any atom is 0.103 e. The molecule has 2 unspecified atom stereocenters. The third kappa shape index (κ3) is 0.565. The topological polar surface area (TPSA) is 34.5 Å². The molecule has 0 spiro atoms. The number of ether oxygens (including phenoxy) is 1. The molecule has 2 heterocycles. The average Bonchev–Trinajstić information content (AvgIpc) is 2.37. The Morgan fingerprint density at radius 3 is 2.25 bits per heavy atom. The van der Waals surface area contributed by atoms with E-state index in [2.05, 4.69) is 19.2 Å². The predicted molar refractivity (Wildman–Crippen MR) is 30.7 cm³/mol. The second kappa shape index (κ2) is 1.09. The summed E-state index contributed by atoms with van der Waals surface area (Å²) in [5.41, 5.74) is 0.189. The van der Waals surface area contributed by atoms with E-state index in [4.69, 9.17) is 4.74 Å². The summed E-state index contributed by atoms with van der Waals surface area (Å²) >= 11 is 0. The Hall–Kier alpha value is -0.0800. The molecule has 2 fully saturated rings. The van der Waals surface area contributed by atoms with Crippen LogP contribution >= 0.6 is 0 Å². The van der Waals surface area contributed by atoms with Crippen LogP contribution in [0.2, 0.25) is 0 Å². The molecule has 0 aliphatic carbocycles. The number of hydrogen-bond donors (Lipinski definition) is 1. The molecule has 0 saturated carbocycles. The van der Waals surface area contributed by atoms with Crippen molar-refractivity contribution in [1.29, 1.82) is 0 Å². The van der Waals surface area contributed by atoms with Gasteiger partial charge in [-0.3, -0.25) is 0 Å². The summed E-state index contributed by atoms with van der Waals surface area (Å²) in [6.45, 7) is 5.43. The highest BCUT2D eigenvalue weighted by Gasteiger charge is 2.55. The Morgan fingerprint density at radius 2 is 2.12 bits per heavy atom. The van der Waals surface area contributed by atoms with Crippen molar-refractivity contribution in [2.75, 3.05) is 6.54 Å². The van der Waals surface area contributed by atoms with Crippen LogP contribution in [0.15, 0.2) is 0 Å². The molecule has 0 bridgehead atoms. The molecule has 2 nitrogen and oxygen atoms in total. The lowest BCUT2D eigenvalue weighted by molar-refractivity contribution is 0.322. The molecule has 0 aromatic rings. The molecule has 1 N–H and O–H groups in total. The van der Waals surface area contributed by atoms with Crippen LogP contribution in [0.5, 0.6) is 0 Å². The Kier molecular flexibility index (Phi) is 0.649. The van der Waals surface area contributed by atoms with Gasteiger partial charge in [-0.2, -0.15) is 0 Å². The molecular formula is C6H11NO. The van der Waals surface area contributed by atoms with Crippen LogP contribution in [-0.4, -0.2) is 24.3 Å². The minimum Gasteiger partial charge on any atom is -0.365 e. The molecule has 2 aliphatic rings. The first kappa shape index (κ1) is 4.77. The van der Waals surface area contributed by atoms with Gasteiger partial charge in [-0.1, -0.05) is 0 Å². The normalized spacial score (nSPS) is 48.8. The summed E-state index contributed by atoms with van der Waals surface area (Å²) in [5.74, 6) is 0. The van der Waals surface area contributed by atoms with E-state index in [1.165, 1.54) is 0 Å². The molecule has 2 aliphatic heterocycles. The summed E-state index contributed by atoms with van der Waals surface area (Å²) in [7, 11) is 0. The first-order valence-electron chi connectivity index (χ1n) is 3.11. The number of rotatable bonds is 1. The molecule has 8 heavy (non-hydrogen) atoms. The summed E-state index contributed by atoms with van der Waals surface area (Å²) in [6.07, 6.45) is 0.516. The zero-order valence-corrected chi connectivity index (χ0v) is 5.27. The van der Waals surface area contributed by atoms with E-state index in [0.29, 0.717) is 12.1 Å². The summed E-state index contributed by atoms with van der Waals surface area (Å²) in [4.78, 5) is 0. The Morgan fingerprint density at radius 1 is 1.62 bits per heavy atom. The third-order valence-electron chi connectivity index (χ3n) is 1.86. The second-order valence-corrected chi connectivity index (χ2v) is 3.16. The van der Waals surface area contributed by atoms with Crippen LogP contribution in [0.4, 0.5) is 0 Å². The molecule has 0 aromatic carbocycles. The van der Waals surface area contributed by atoms with Gasteiger partial charge in [0.05, 0.1) is 5.60 Å². The number of nitrogens with one attached hydrogen (secondary N) is 1. The van der Waals surface area contributed by atoms with Gasteiger partial charge in [-0.15, -0.1) is 0 Å². The van der Waals surface area contributed by atoms with Crippen molar-refractivity contribution in [1.82, 2.24) is 5.32 Å². The van der Waals surface area contributed by atoms with E-state index >= 15 is 0 Å². The highest BCUT2D eigenvalue weighted by Crippen LogP contribution is 2.39. The second-order valence-electron chi connectivity index (χ2n) is 3.16. The van der Waals surface area contributed by atoms with Crippen molar-refractivity contribution in [3.8, 4) is 0 Å². The monoisotopic (exact) mass is 113 g/mol. The van der Waals surface area contributed by atoms with Gasteiger partial charge in [0.1, 0.15) is 6.10 Å². The van der Waals surface area contributed by atoms with E-state index in [1.807, 2.05) is 0 Å². The highest BCUT2D eigenvalue weighted by molar-refractivity contribution is 5.08. The van der Waals surface area contributed by atoms with Gasteiger partial charge in [-0.05, 0) is 13.8 Å². The molecule has 2 heteroatoms. The number of hydrogen-bond acceptors (Lipinski definition) is 2. The standard InChI is InChI=1S/C6H11NO/c1-6(2)5(8-6)4-3-7-4/h4-5,7H,3H2,1-2H3. The first-order valence-corrected chi connectivity index (χ1v) is 3.11. The van der Waals surface area contributed by atoms with E-state index in [-0.39, 0.29) is 5.60 Å².